The lowest BCUT2D eigenvalue weighted by Crippen LogP contribution is -2.51. The summed E-state index contributed by atoms with van der Waals surface area (Å²) >= 11 is 0. The van der Waals surface area contributed by atoms with Crippen molar-refractivity contribution in [3.63, 3.8) is 0 Å². The van der Waals surface area contributed by atoms with Crippen molar-refractivity contribution in [2.24, 2.45) is 5.92 Å². The predicted molar refractivity (Wildman–Crippen MR) is 96.8 cm³/mol. The van der Waals surface area contributed by atoms with Crippen LogP contribution >= 0.6 is 0 Å². The second-order valence-corrected chi connectivity index (χ2v) is 7.54. The van der Waals surface area contributed by atoms with E-state index >= 15 is 0 Å². The van der Waals surface area contributed by atoms with Crippen molar-refractivity contribution in [1.29, 1.82) is 0 Å². The molecule has 6 nitrogen and oxygen atoms in total. The van der Waals surface area contributed by atoms with Crippen molar-refractivity contribution in [2.75, 3.05) is 13.2 Å². The molecule has 2 amide bonds. The van der Waals surface area contributed by atoms with Crippen LogP contribution in [0.2, 0.25) is 0 Å². The van der Waals surface area contributed by atoms with Gasteiger partial charge in [-0.2, -0.15) is 0 Å². The third-order valence-electron chi connectivity index (χ3n) is 4.23. The molecule has 6 heteroatoms. The van der Waals surface area contributed by atoms with Gasteiger partial charge in [0.15, 0.2) is 6.10 Å². The van der Waals surface area contributed by atoms with E-state index in [-0.39, 0.29) is 24.3 Å². The summed E-state index contributed by atoms with van der Waals surface area (Å²) in [6.45, 7) is 9.63. The average Bonchev–Trinajstić information content (AvgIpc) is 2.85. The standard InChI is InChI=1S/C20H27NO5/c1-6-16(19(24)25-11-13(2)3)26-12-20(4,5)21-17(22)14-9-7-8-10-15(14)18(21)23/h7-10,13,16H,6,11-12H2,1-5H3. The van der Waals surface area contributed by atoms with Gasteiger partial charge in [0.05, 0.1) is 29.9 Å². The Balaban J connectivity index is 2.05. The number of hydrogen-bond donors (Lipinski definition) is 0. The van der Waals surface area contributed by atoms with Crippen molar-refractivity contribution in [3.05, 3.63) is 35.4 Å². The Bertz CT molecular complexity index is 660. The molecule has 1 aliphatic rings. The molecule has 0 N–H and O–H groups in total. The van der Waals surface area contributed by atoms with Crippen molar-refractivity contribution in [2.45, 2.75) is 52.7 Å². The van der Waals surface area contributed by atoms with Gasteiger partial charge < -0.3 is 9.47 Å². The van der Waals surface area contributed by atoms with E-state index in [1.807, 2.05) is 20.8 Å². The molecule has 26 heavy (non-hydrogen) atoms. The zero-order valence-corrected chi connectivity index (χ0v) is 16.1. The van der Waals surface area contributed by atoms with Crippen molar-refractivity contribution >= 4 is 17.8 Å². The third-order valence-corrected chi connectivity index (χ3v) is 4.23. The van der Waals surface area contributed by atoms with Gasteiger partial charge >= 0.3 is 5.97 Å². The molecule has 0 bridgehead atoms. The van der Waals surface area contributed by atoms with Gasteiger partial charge in [-0.25, -0.2) is 4.79 Å². The Morgan fingerprint density at radius 3 is 2.12 bits per heavy atom. The molecular weight excluding hydrogens is 334 g/mol. The summed E-state index contributed by atoms with van der Waals surface area (Å²) in [4.78, 5) is 38.6. The molecule has 142 valence electrons. The highest BCUT2D eigenvalue weighted by Gasteiger charge is 2.44. The van der Waals surface area contributed by atoms with Gasteiger partial charge in [-0.3, -0.25) is 14.5 Å². The van der Waals surface area contributed by atoms with E-state index in [0.717, 1.165) is 0 Å². The van der Waals surface area contributed by atoms with E-state index in [2.05, 4.69) is 0 Å². The van der Waals surface area contributed by atoms with Gasteiger partial charge in [0, 0.05) is 0 Å². The molecule has 1 unspecified atom stereocenters. The largest absolute Gasteiger partial charge is 0.463 e. The van der Waals surface area contributed by atoms with Crippen LogP contribution in [0.1, 0.15) is 61.8 Å². The Hall–Kier alpha value is -2.21. The van der Waals surface area contributed by atoms with Crippen LogP contribution in [0.4, 0.5) is 0 Å². The van der Waals surface area contributed by atoms with Gasteiger partial charge in [-0.15, -0.1) is 0 Å². The first-order valence-corrected chi connectivity index (χ1v) is 8.95. The number of ether oxygens (including phenoxy) is 2. The number of benzene rings is 1. The minimum atomic E-state index is -0.890. The maximum Gasteiger partial charge on any atom is 0.335 e. The maximum absolute atomic E-state index is 12.6. The summed E-state index contributed by atoms with van der Waals surface area (Å²) in [5, 5.41) is 0. The normalized spacial score (nSPS) is 15.4. The molecule has 1 atom stereocenters. The molecule has 0 spiro atoms. The van der Waals surface area contributed by atoms with Gasteiger partial charge in [0.2, 0.25) is 0 Å². The summed E-state index contributed by atoms with van der Waals surface area (Å²) in [6.07, 6.45) is -0.266. The number of hydrogen-bond acceptors (Lipinski definition) is 5. The van der Waals surface area contributed by atoms with E-state index in [9.17, 15) is 14.4 Å². The van der Waals surface area contributed by atoms with Crippen LogP contribution < -0.4 is 0 Å². The molecule has 1 aromatic rings. The summed E-state index contributed by atoms with van der Waals surface area (Å²) in [6, 6.07) is 6.75. The Kier molecular flexibility index (Phi) is 6.18. The van der Waals surface area contributed by atoms with Gasteiger partial charge in [0.1, 0.15) is 0 Å². The van der Waals surface area contributed by atoms with Crippen molar-refractivity contribution in [3.8, 4) is 0 Å². The van der Waals surface area contributed by atoms with Crippen LogP contribution in [0.25, 0.3) is 0 Å². The molecule has 1 aliphatic heterocycles. The highest BCUT2D eigenvalue weighted by atomic mass is 16.6. The predicted octanol–water partition coefficient (Wildman–Crippen LogP) is 3.06. The summed E-state index contributed by atoms with van der Waals surface area (Å²) in [5.74, 6) is -0.852. The third kappa shape index (κ3) is 4.12. The lowest BCUT2D eigenvalue weighted by Gasteiger charge is -2.34. The first kappa shape index (κ1) is 20.1. The van der Waals surface area contributed by atoms with Gasteiger partial charge in [-0.05, 0) is 38.3 Å². The Labute approximate surface area is 154 Å². The Morgan fingerprint density at radius 2 is 1.65 bits per heavy atom. The second kappa shape index (κ2) is 7.99. The summed E-state index contributed by atoms with van der Waals surface area (Å²) in [7, 11) is 0. The zero-order chi connectivity index (χ0) is 19.5. The molecule has 2 rings (SSSR count). The Morgan fingerprint density at radius 1 is 1.12 bits per heavy atom. The molecule has 0 saturated carbocycles. The minimum absolute atomic E-state index is 0.0494. The fourth-order valence-corrected chi connectivity index (χ4v) is 2.80. The first-order chi connectivity index (χ1) is 12.2. The van der Waals surface area contributed by atoms with E-state index in [1.165, 1.54) is 4.90 Å². The van der Waals surface area contributed by atoms with E-state index in [4.69, 9.17) is 9.47 Å². The van der Waals surface area contributed by atoms with Gasteiger partial charge in [-0.1, -0.05) is 32.9 Å². The molecule has 1 aromatic carbocycles. The van der Waals surface area contributed by atoms with E-state index in [0.29, 0.717) is 24.2 Å². The van der Waals surface area contributed by atoms with Crippen LogP contribution in [0.15, 0.2) is 24.3 Å². The van der Waals surface area contributed by atoms with Crippen LogP contribution in [-0.2, 0) is 14.3 Å². The fourth-order valence-electron chi connectivity index (χ4n) is 2.80. The summed E-state index contributed by atoms with van der Waals surface area (Å²) in [5.41, 5.74) is -0.0956. The lowest BCUT2D eigenvalue weighted by molar-refractivity contribution is -0.160. The molecule has 0 radical (unpaired) electrons. The zero-order valence-electron chi connectivity index (χ0n) is 16.1. The fraction of sp³-hybridized carbons (Fsp3) is 0.550. The van der Waals surface area contributed by atoms with Gasteiger partial charge in [0.25, 0.3) is 11.8 Å². The average molecular weight is 361 g/mol. The number of nitrogens with zero attached hydrogens (tertiary/aromatic N) is 1. The van der Waals surface area contributed by atoms with E-state index in [1.54, 1.807) is 38.1 Å². The number of carbonyl (C=O) groups is 3. The van der Waals surface area contributed by atoms with Crippen molar-refractivity contribution < 1.29 is 23.9 Å². The number of amides is 2. The quantitative estimate of drug-likeness (QED) is 0.526. The van der Waals surface area contributed by atoms with Crippen molar-refractivity contribution in [1.82, 2.24) is 4.90 Å². The smallest absolute Gasteiger partial charge is 0.335 e. The molecule has 1 heterocycles. The number of fused-ring (bicyclic) bond motifs is 1. The van der Waals surface area contributed by atoms with Crippen LogP contribution in [0, 0.1) is 5.92 Å². The maximum atomic E-state index is 12.6. The SMILES string of the molecule is CCC(OCC(C)(C)N1C(=O)c2ccccc2C1=O)C(=O)OCC(C)C. The number of carbonyl (C=O) groups excluding carboxylic acids is 3. The first-order valence-electron chi connectivity index (χ1n) is 8.95. The monoisotopic (exact) mass is 361 g/mol. The molecule has 0 aromatic heterocycles. The van der Waals surface area contributed by atoms with Crippen LogP contribution in [-0.4, -0.2) is 47.5 Å². The second-order valence-electron chi connectivity index (χ2n) is 7.54. The molecule has 0 aliphatic carbocycles. The van der Waals surface area contributed by atoms with Crippen LogP contribution in [0.3, 0.4) is 0 Å². The highest BCUT2D eigenvalue weighted by molar-refractivity contribution is 6.21. The molecular formula is C20H27NO5. The molecule has 0 saturated heterocycles. The number of imide groups is 1. The van der Waals surface area contributed by atoms with E-state index < -0.39 is 17.6 Å². The van der Waals surface area contributed by atoms with Crippen LogP contribution in [0.5, 0.6) is 0 Å². The number of esters is 1. The number of rotatable bonds is 8. The molecule has 0 fully saturated rings. The lowest BCUT2D eigenvalue weighted by atomic mass is 10.0. The highest BCUT2D eigenvalue weighted by Crippen LogP contribution is 2.29. The topological polar surface area (TPSA) is 72.9 Å². The summed E-state index contributed by atoms with van der Waals surface area (Å²) < 4.78 is 11.0. The minimum Gasteiger partial charge on any atom is -0.463 e.